The molecule has 4 aromatic rings. The molecule has 0 spiro atoms. The van der Waals surface area contributed by atoms with Crippen molar-refractivity contribution in [1.29, 1.82) is 0 Å². The predicted octanol–water partition coefficient (Wildman–Crippen LogP) is 12.2. The number of benzene rings is 3. The van der Waals surface area contributed by atoms with Crippen molar-refractivity contribution >= 4 is 40.2 Å². The van der Waals surface area contributed by atoms with Crippen LogP contribution in [0.25, 0.3) is 11.0 Å². The fourth-order valence-corrected chi connectivity index (χ4v) is 6.33. The van der Waals surface area contributed by atoms with E-state index in [1.807, 2.05) is 60.7 Å². The Kier molecular flexibility index (Phi) is 15.3. The molecule has 1 aromatic heterocycles. The molecule has 0 aliphatic heterocycles. The number of fused-ring (bicyclic) bond motifs is 1. The lowest BCUT2D eigenvalue weighted by molar-refractivity contribution is -0.143. The van der Waals surface area contributed by atoms with Gasteiger partial charge in [0, 0.05) is 27.2 Å². The Labute approximate surface area is 285 Å². The third-order valence-corrected chi connectivity index (χ3v) is 9.41. The first-order valence-corrected chi connectivity index (χ1v) is 18.4. The average molecular weight is 654 g/mol. The molecule has 1 heterocycles. The molecule has 250 valence electrons. The van der Waals surface area contributed by atoms with Gasteiger partial charge in [-0.15, -0.1) is 0 Å². The Hall–Kier alpha value is -3.64. The molecule has 5 nitrogen and oxygen atoms in total. The lowest BCUT2D eigenvalue weighted by Crippen LogP contribution is -2.07. The fourth-order valence-electron chi connectivity index (χ4n) is 5.52. The number of hydrogen-bond donors (Lipinski definition) is 0. The van der Waals surface area contributed by atoms with Gasteiger partial charge in [-0.05, 0) is 79.3 Å². The standard InChI is InChI=1S/C41H51NO4S/c1-4-5-6-7-8-9-10-11-12-13-14-19-40(43)46-42-37(29-20-31(2)3)32-21-25-35(26-22-32)47-36-27-23-33(24-28-36)41(44)39-30-34-17-15-16-18-38(34)45-39/h15-18,21-28,30-31H,4-14,19-20,29H2,1-3H3/b42-37-. The first-order valence-electron chi connectivity index (χ1n) is 17.6. The number of oxime groups is 1. The highest BCUT2D eigenvalue weighted by Crippen LogP contribution is 2.29. The molecule has 3 aromatic carbocycles. The van der Waals surface area contributed by atoms with Gasteiger partial charge in [0.1, 0.15) is 5.58 Å². The summed E-state index contributed by atoms with van der Waals surface area (Å²) in [5, 5.41) is 5.25. The molecule has 0 atom stereocenters. The van der Waals surface area contributed by atoms with E-state index in [0.717, 1.165) is 52.1 Å². The van der Waals surface area contributed by atoms with Crippen LogP contribution in [0.15, 0.2) is 98.2 Å². The van der Waals surface area contributed by atoms with E-state index in [1.165, 1.54) is 57.8 Å². The maximum Gasteiger partial charge on any atom is 0.335 e. The van der Waals surface area contributed by atoms with Crippen LogP contribution in [0.5, 0.6) is 0 Å². The zero-order chi connectivity index (χ0) is 33.3. The molecular formula is C41H51NO4S. The van der Waals surface area contributed by atoms with E-state index in [0.29, 0.717) is 29.2 Å². The SMILES string of the molecule is CCCCCCCCCCCCCC(=O)O/N=C(/CCC(C)C)c1ccc(Sc2ccc(C(=O)c3cc4ccccc4o3)cc2)cc1. The van der Waals surface area contributed by atoms with Crippen LogP contribution >= 0.6 is 11.8 Å². The highest BCUT2D eigenvalue weighted by atomic mass is 32.2. The monoisotopic (exact) mass is 653 g/mol. The first kappa shape index (κ1) is 36.2. The lowest BCUT2D eigenvalue weighted by atomic mass is 10.0. The highest BCUT2D eigenvalue weighted by molar-refractivity contribution is 7.99. The van der Waals surface area contributed by atoms with E-state index < -0.39 is 0 Å². The van der Waals surface area contributed by atoms with Gasteiger partial charge in [0.05, 0.1) is 5.71 Å². The van der Waals surface area contributed by atoms with Crippen LogP contribution in [-0.2, 0) is 9.63 Å². The van der Waals surface area contributed by atoms with Crippen molar-refractivity contribution in [2.45, 2.75) is 120 Å². The summed E-state index contributed by atoms with van der Waals surface area (Å²) >= 11 is 1.63. The third-order valence-electron chi connectivity index (χ3n) is 8.39. The van der Waals surface area contributed by atoms with E-state index in [9.17, 15) is 9.59 Å². The summed E-state index contributed by atoms with van der Waals surface area (Å²) in [5.41, 5.74) is 3.06. The van der Waals surface area contributed by atoms with Crippen molar-refractivity contribution in [3.63, 3.8) is 0 Å². The van der Waals surface area contributed by atoms with Crippen LogP contribution in [-0.4, -0.2) is 17.5 Å². The second kappa shape index (κ2) is 19.9. The van der Waals surface area contributed by atoms with E-state index in [4.69, 9.17) is 9.25 Å². The molecular weight excluding hydrogens is 603 g/mol. The molecule has 47 heavy (non-hydrogen) atoms. The van der Waals surface area contributed by atoms with Crippen LogP contribution in [0.4, 0.5) is 0 Å². The number of ketones is 1. The van der Waals surface area contributed by atoms with Gasteiger partial charge in [-0.3, -0.25) is 4.79 Å². The molecule has 6 heteroatoms. The minimum absolute atomic E-state index is 0.130. The number of rotatable bonds is 21. The lowest BCUT2D eigenvalue weighted by Gasteiger charge is -2.10. The Balaban J connectivity index is 1.24. The fraction of sp³-hybridized carbons (Fsp3) is 0.439. The molecule has 4 rings (SSSR count). The quantitative estimate of drug-likeness (QED) is 0.0294. The second-order valence-corrected chi connectivity index (χ2v) is 14.0. The van der Waals surface area contributed by atoms with E-state index in [1.54, 1.807) is 17.8 Å². The molecule has 0 saturated carbocycles. The van der Waals surface area contributed by atoms with Crippen LogP contribution in [0.3, 0.4) is 0 Å². The van der Waals surface area contributed by atoms with Crippen molar-refractivity contribution in [3.8, 4) is 0 Å². The number of nitrogens with zero attached hydrogens (tertiary/aromatic N) is 1. The number of carbonyl (C=O) groups excluding carboxylic acids is 2. The zero-order valence-electron chi connectivity index (χ0n) is 28.5. The minimum Gasteiger partial charge on any atom is -0.453 e. The molecule has 0 unspecified atom stereocenters. The molecule has 0 aliphatic rings. The summed E-state index contributed by atoms with van der Waals surface area (Å²) in [5.74, 6) is 0.480. The molecule has 0 radical (unpaired) electrons. The second-order valence-electron chi connectivity index (χ2n) is 12.8. The molecule has 0 aliphatic carbocycles. The number of unbranched alkanes of at least 4 members (excludes halogenated alkanes) is 10. The van der Waals surface area contributed by atoms with Crippen molar-refractivity contribution in [3.05, 3.63) is 95.7 Å². The van der Waals surface area contributed by atoms with Gasteiger partial charge in [-0.25, -0.2) is 4.79 Å². The highest BCUT2D eigenvalue weighted by Gasteiger charge is 2.15. The maximum absolute atomic E-state index is 13.0. The van der Waals surface area contributed by atoms with Gasteiger partial charge < -0.3 is 9.25 Å². The minimum atomic E-state index is -0.252. The van der Waals surface area contributed by atoms with E-state index in [-0.39, 0.29) is 11.8 Å². The average Bonchev–Trinajstić information content (AvgIpc) is 3.52. The first-order chi connectivity index (χ1) is 22.9. The van der Waals surface area contributed by atoms with Crippen molar-refractivity contribution < 1.29 is 18.8 Å². The molecule has 0 fully saturated rings. The van der Waals surface area contributed by atoms with Crippen LogP contribution in [0.2, 0.25) is 0 Å². The third kappa shape index (κ3) is 12.5. The van der Waals surface area contributed by atoms with E-state index in [2.05, 4.69) is 38.1 Å². The number of carbonyl (C=O) groups is 2. The molecule has 0 amide bonds. The van der Waals surface area contributed by atoms with Gasteiger partial charge in [-0.2, -0.15) is 0 Å². The molecule has 0 N–H and O–H groups in total. The van der Waals surface area contributed by atoms with Gasteiger partial charge >= 0.3 is 5.97 Å². The summed E-state index contributed by atoms with van der Waals surface area (Å²) in [4.78, 5) is 32.9. The van der Waals surface area contributed by atoms with Crippen LogP contribution in [0.1, 0.15) is 132 Å². The normalized spacial score (nSPS) is 11.8. The van der Waals surface area contributed by atoms with Gasteiger partial charge in [0.25, 0.3) is 0 Å². The summed E-state index contributed by atoms with van der Waals surface area (Å²) < 4.78 is 5.76. The smallest absolute Gasteiger partial charge is 0.335 e. The van der Waals surface area contributed by atoms with Crippen molar-refractivity contribution in [1.82, 2.24) is 0 Å². The van der Waals surface area contributed by atoms with Gasteiger partial charge in [-0.1, -0.05) is 132 Å². The number of hydrogen-bond acceptors (Lipinski definition) is 6. The van der Waals surface area contributed by atoms with Crippen molar-refractivity contribution in [2.24, 2.45) is 11.1 Å². The largest absolute Gasteiger partial charge is 0.453 e. The Morgan fingerprint density at radius 1 is 0.723 bits per heavy atom. The summed E-state index contributed by atoms with van der Waals surface area (Å²) in [6.45, 7) is 6.63. The Bertz CT molecular complexity index is 1520. The predicted molar refractivity (Wildman–Crippen MR) is 194 cm³/mol. The summed E-state index contributed by atoms with van der Waals surface area (Å²) in [7, 11) is 0. The Morgan fingerprint density at radius 3 is 1.89 bits per heavy atom. The van der Waals surface area contributed by atoms with E-state index >= 15 is 0 Å². The van der Waals surface area contributed by atoms with Crippen LogP contribution < -0.4 is 0 Å². The van der Waals surface area contributed by atoms with Gasteiger partial charge in [0.15, 0.2) is 5.76 Å². The van der Waals surface area contributed by atoms with Crippen LogP contribution in [0, 0.1) is 5.92 Å². The number of furan rings is 1. The summed E-state index contributed by atoms with van der Waals surface area (Å²) in [6.07, 6.45) is 15.9. The Morgan fingerprint density at radius 2 is 1.30 bits per heavy atom. The van der Waals surface area contributed by atoms with Gasteiger partial charge in [0.2, 0.25) is 5.78 Å². The summed E-state index contributed by atoms with van der Waals surface area (Å²) in [6, 6.07) is 25.2. The molecule has 0 saturated heterocycles. The maximum atomic E-state index is 13.0. The zero-order valence-corrected chi connectivity index (χ0v) is 29.3. The molecule has 0 bridgehead atoms. The number of para-hydroxylation sites is 1. The van der Waals surface area contributed by atoms with Crippen molar-refractivity contribution in [2.75, 3.05) is 0 Å². The topological polar surface area (TPSA) is 68.9 Å².